The van der Waals surface area contributed by atoms with E-state index < -0.39 is 0 Å². The lowest BCUT2D eigenvalue weighted by atomic mass is 10.1. The van der Waals surface area contributed by atoms with Crippen molar-refractivity contribution in [2.24, 2.45) is 0 Å². The van der Waals surface area contributed by atoms with Crippen LogP contribution in [0, 0.1) is 0 Å². The zero-order valence-electron chi connectivity index (χ0n) is 14.3. The summed E-state index contributed by atoms with van der Waals surface area (Å²) in [5.41, 5.74) is 1.12. The normalized spacial score (nSPS) is 16.3. The Hall–Kier alpha value is -1.89. The predicted octanol–water partition coefficient (Wildman–Crippen LogP) is 2.56. The maximum atomic E-state index is 5.59. The van der Waals surface area contributed by atoms with Crippen molar-refractivity contribution in [2.45, 2.75) is 12.5 Å². The molecule has 0 radical (unpaired) electrons. The smallest absolute Gasteiger partial charge is 0.167 e. The van der Waals surface area contributed by atoms with Crippen LogP contribution < -0.4 is 10.6 Å². The van der Waals surface area contributed by atoms with Crippen LogP contribution in [0.5, 0.6) is 0 Å². The molecule has 0 bridgehead atoms. The van der Waals surface area contributed by atoms with Crippen molar-refractivity contribution in [3.8, 4) is 0 Å². The van der Waals surface area contributed by atoms with Gasteiger partial charge in [-0.1, -0.05) is 30.3 Å². The predicted molar refractivity (Wildman–Crippen MR) is 103 cm³/mol. The molecule has 5 nitrogen and oxygen atoms in total. The van der Waals surface area contributed by atoms with Crippen LogP contribution in [0.25, 0.3) is 0 Å². The molecule has 1 aromatic carbocycles. The summed E-state index contributed by atoms with van der Waals surface area (Å²) in [7, 11) is 0. The topological polar surface area (TPSA) is 49.7 Å². The van der Waals surface area contributed by atoms with Gasteiger partial charge in [0.25, 0.3) is 0 Å². The van der Waals surface area contributed by atoms with Crippen molar-refractivity contribution in [1.82, 2.24) is 15.5 Å². The zero-order chi connectivity index (χ0) is 17.3. The highest BCUT2D eigenvalue weighted by Gasteiger charge is 2.17. The third kappa shape index (κ3) is 5.56. The number of ether oxygens (including phenoxy) is 1. The van der Waals surface area contributed by atoms with E-state index in [2.05, 4.69) is 27.7 Å². The van der Waals surface area contributed by atoms with Crippen LogP contribution in [0.3, 0.4) is 0 Å². The van der Waals surface area contributed by atoms with Crippen LogP contribution in [0.2, 0.25) is 0 Å². The van der Waals surface area contributed by atoms with Gasteiger partial charge in [-0.25, -0.2) is 0 Å². The Morgan fingerprint density at radius 2 is 1.92 bits per heavy atom. The minimum atomic E-state index is -0.0876. The second-order valence-electron chi connectivity index (χ2n) is 6.07. The second kappa shape index (κ2) is 9.56. The van der Waals surface area contributed by atoms with Crippen LogP contribution in [0.15, 0.2) is 53.1 Å². The average Bonchev–Trinajstić information content (AvgIpc) is 3.19. The Morgan fingerprint density at radius 3 is 2.64 bits per heavy atom. The number of furan rings is 1. The van der Waals surface area contributed by atoms with E-state index in [9.17, 15) is 0 Å². The largest absolute Gasteiger partial charge is 0.467 e. The van der Waals surface area contributed by atoms with Crippen molar-refractivity contribution in [3.05, 3.63) is 60.1 Å². The van der Waals surface area contributed by atoms with Crippen LogP contribution in [-0.4, -0.2) is 49.4 Å². The first-order valence-electron chi connectivity index (χ1n) is 8.76. The molecule has 0 unspecified atom stereocenters. The maximum Gasteiger partial charge on any atom is 0.167 e. The second-order valence-corrected chi connectivity index (χ2v) is 6.48. The standard InChI is InChI=1S/C19H25N3O2S/c25-19(20-9-5-10-22-11-14-23-15-12-22)21-18(17-8-4-13-24-17)16-6-2-1-3-7-16/h1-4,6-8,13,18H,5,9-12,14-15H2,(H2,20,21,25)/t18-/m0/s1. The summed E-state index contributed by atoms with van der Waals surface area (Å²) in [6.45, 7) is 5.65. The van der Waals surface area contributed by atoms with E-state index in [1.165, 1.54) is 0 Å². The summed E-state index contributed by atoms with van der Waals surface area (Å²) in [5, 5.41) is 7.32. The fourth-order valence-corrected chi connectivity index (χ4v) is 3.15. The van der Waals surface area contributed by atoms with Crippen molar-refractivity contribution in [3.63, 3.8) is 0 Å². The monoisotopic (exact) mass is 359 g/mol. The van der Waals surface area contributed by atoms with E-state index >= 15 is 0 Å². The van der Waals surface area contributed by atoms with Gasteiger partial charge in [0.15, 0.2) is 5.11 Å². The van der Waals surface area contributed by atoms with Crippen molar-refractivity contribution in [2.75, 3.05) is 39.4 Å². The Bertz CT molecular complexity index is 627. The maximum absolute atomic E-state index is 5.59. The SMILES string of the molecule is S=C(NCCCN1CCOCC1)N[C@@H](c1ccccc1)c1ccco1. The molecule has 0 aliphatic carbocycles. The molecule has 1 aromatic heterocycles. The molecule has 2 N–H and O–H groups in total. The van der Waals surface area contributed by atoms with Crippen molar-refractivity contribution < 1.29 is 9.15 Å². The number of morpholine rings is 1. The summed E-state index contributed by atoms with van der Waals surface area (Å²) in [4.78, 5) is 2.43. The van der Waals surface area contributed by atoms with Crippen molar-refractivity contribution >= 4 is 17.3 Å². The zero-order valence-corrected chi connectivity index (χ0v) is 15.1. The van der Waals surface area contributed by atoms with Crippen LogP contribution in [0.1, 0.15) is 23.8 Å². The number of nitrogens with one attached hydrogen (secondary N) is 2. The van der Waals surface area contributed by atoms with E-state index in [4.69, 9.17) is 21.4 Å². The minimum Gasteiger partial charge on any atom is -0.467 e. The molecule has 1 atom stereocenters. The molecule has 134 valence electrons. The Balaban J connectivity index is 1.47. The molecule has 2 aromatic rings. The van der Waals surface area contributed by atoms with E-state index in [-0.39, 0.29) is 6.04 Å². The Morgan fingerprint density at radius 1 is 1.12 bits per heavy atom. The van der Waals surface area contributed by atoms with E-state index in [1.54, 1.807) is 6.26 Å². The number of rotatable bonds is 7. The molecule has 0 amide bonds. The van der Waals surface area contributed by atoms with Crippen LogP contribution >= 0.6 is 12.2 Å². The molecule has 1 saturated heterocycles. The molecule has 0 spiro atoms. The quantitative estimate of drug-likeness (QED) is 0.585. The molecule has 2 heterocycles. The third-order valence-corrected chi connectivity index (χ3v) is 4.54. The van der Waals surface area contributed by atoms with Gasteiger partial charge in [-0.2, -0.15) is 0 Å². The molecular formula is C19H25N3O2S. The first-order chi connectivity index (χ1) is 12.3. The van der Waals surface area contributed by atoms with Crippen LogP contribution in [0.4, 0.5) is 0 Å². The number of hydrogen-bond donors (Lipinski definition) is 2. The minimum absolute atomic E-state index is 0.0876. The van der Waals surface area contributed by atoms with Gasteiger partial charge in [-0.15, -0.1) is 0 Å². The Labute approximate surface area is 154 Å². The highest BCUT2D eigenvalue weighted by atomic mass is 32.1. The van der Waals surface area contributed by atoms with Crippen LogP contribution in [-0.2, 0) is 4.74 Å². The molecule has 25 heavy (non-hydrogen) atoms. The molecule has 6 heteroatoms. The third-order valence-electron chi connectivity index (χ3n) is 4.28. The molecule has 1 aliphatic rings. The van der Waals surface area contributed by atoms with Gasteiger partial charge in [0.1, 0.15) is 11.8 Å². The lowest BCUT2D eigenvalue weighted by Crippen LogP contribution is -2.41. The molecule has 0 saturated carbocycles. The van der Waals surface area contributed by atoms with Gasteiger partial charge in [0, 0.05) is 19.6 Å². The summed E-state index contributed by atoms with van der Waals surface area (Å²) in [6, 6.07) is 14.0. The highest BCUT2D eigenvalue weighted by Crippen LogP contribution is 2.22. The number of thiocarbonyl (C=S) groups is 1. The first kappa shape index (κ1) is 17.9. The van der Waals surface area contributed by atoms with E-state index in [0.29, 0.717) is 5.11 Å². The molecular weight excluding hydrogens is 334 g/mol. The number of nitrogens with zero attached hydrogens (tertiary/aromatic N) is 1. The average molecular weight is 359 g/mol. The summed E-state index contributed by atoms with van der Waals surface area (Å²) >= 11 is 5.48. The summed E-state index contributed by atoms with van der Waals surface area (Å²) in [6.07, 6.45) is 2.74. The fraction of sp³-hybridized carbons (Fsp3) is 0.421. The van der Waals surface area contributed by atoms with Gasteiger partial charge in [0.2, 0.25) is 0 Å². The first-order valence-corrected chi connectivity index (χ1v) is 9.16. The fourth-order valence-electron chi connectivity index (χ4n) is 2.93. The highest BCUT2D eigenvalue weighted by molar-refractivity contribution is 7.80. The lowest BCUT2D eigenvalue weighted by Gasteiger charge is -2.26. The summed E-state index contributed by atoms with van der Waals surface area (Å²) in [5.74, 6) is 0.851. The van der Waals surface area contributed by atoms with Crippen molar-refractivity contribution in [1.29, 1.82) is 0 Å². The van der Waals surface area contributed by atoms with E-state index in [1.807, 2.05) is 30.3 Å². The molecule has 3 rings (SSSR count). The van der Waals surface area contributed by atoms with Gasteiger partial charge >= 0.3 is 0 Å². The summed E-state index contributed by atoms with van der Waals surface area (Å²) < 4.78 is 11.0. The number of benzene rings is 1. The van der Waals surface area contributed by atoms with Gasteiger partial charge in [-0.3, -0.25) is 4.90 Å². The van der Waals surface area contributed by atoms with Gasteiger partial charge in [-0.05, 0) is 42.9 Å². The number of hydrogen-bond acceptors (Lipinski definition) is 4. The van der Waals surface area contributed by atoms with Gasteiger partial charge in [0.05, 0.1) is 19.5 Å². The Kier molecular flexibility index (Phi) is 6.85. The van der Waals surface area contributed by atoms with Gasteiger partial charge < -0.3 is 19.8 Å². The lowest BCUT2D eigenvalue weighted by molar-refractivity contribution is 0.0376. The van der Waals surface area contributed by atoms with E-state index in [0.717, 1.165) is 57.1 Å². The molecule has 1 aliphatic heterocycles. The molecule has 1 fully saturated rings.